The SMILES string of the molecule is COC(=O)c1ccc2c(c1)CC[C@@H]2NC(=O)c1nc(C(=O)O)n2nccc2n1.COC(=O)c1ccc2c(c1)CC[C@@H]2NC(=O)c1nc(C(=O)O)nc2ccnn12. The van der Waals surface area contributed by atoms with Gasteiger partial charge in [-0.25, -0.2) is 29.1 Å². The van der Waals surface area contributed by atoms with Crippen molar-refractivity contribution in [3.05, 3.63) is 118 Å². The average molecular weight is 763 g/mol. The molecule has 4 aromatic heterocycles. The van der Waals surface area contributed by atoms with Crippen LogP contribution in [0.15, 0.2) is 60.9 Å². The van der Waals surface area contributed by atoms with Crippen molar-refractivity contribution in [1.82, 2.24) is 49.8 Å². The molecule has 2 aliphatic rings. The standard InChI is InChI=1S/2C18H15N5O5/c1-28-18(27)10-2-4-11-9(8-10)3-5-12(11)20-16(24)15-22-14(17(25)26)21-13-6-7-19-23(13)15;1-28-18(27)10-2-4-11-9(8-10)3-5-12(11)20-16(24)14-21-13-6-7-19-23(13)15(22-14)17(25)26/h2*2,4,6-8,12H,3,5H2,1H3,(H,20,24)(H,25,26)/t2*12-/m00/s1. The Morgan fingerprint density at radius 2 is 1.11 bits per heavy atom. The lowest BCUT2D eigenvalue weighted by atomic mass is 10.0. The molecule has 4 heterocycles. The van der Waals surface area contributed by atoms with Gasteiger partial charge in [-0.3, -0.25) is 9.59 Å². The van der Waals surface area contributed by atoms with Crippen molar-refractivity contribution in [2.75, 3.05) is 14.2 Å². The summed E-state index contributed by atoms with van der Waals surface area (Å²) in [6.45, 7) is 0. The lowest BCUT2D eigenvalue weighted by molar-refractivity contribution is 0.0591. The Bertz CT molecular complexity index is 2600. The summed E-state index contributed by atoms with van der Waals surface area (Å²) in [5.74, 6) is -5.91. The molecule has 2 amide bonds. The Hall–Kier alpha value is -7.64. The smallest absolute Gasteiger partial charge is 0.374 e. The topological polar surface area (TPSA) is 272 Å². The van der Waals surface area contributed by atoms with E-state index in [0.717, 1.165) is 26.8 Å². The first kappa shape index (κ1) is 36.7. The van der Waals surface area contributed by atoms with Crippen LogP contribution in [0.1, 0.15) is 110 Å². The number of esters is 2. The number of aryl methyl sites for hydroxylation is 2. The van der Waals surface area contributed by atoms with Gasteiger partial charge in [0.2, 0.25) is 23.3 Å². The minimum atomic E-state index is -1.33. The number of ether oxygens (including phenoxy) is 2. The Labute approximate surface area is 314 Å². The van der Waals surface area contributed by atoms with E-state index < -0.39 is 47.3 Å². The molecule has 0 radical (unpaired) electrons. The molecule has 0 bridgehead atoms. The number of aromatic carboxylic acids is 2. The van der Waals surface area contributed by atoms with Gasteiger partial charge in [-0.05, 0) is 72.2 Å². The van der Waals surface area contributed by atoms with E-state index in [1.54, 1.807) is 36.4 Å². The molecule has 2 aromatic carbocycles. The van der Waals surface area contributed by atoms with E-state index in [9.17, 15) is 33.9 Å². The van der Waals surface area contributed by atoms with Gasteiger partial charge in [0.15, 0.2) is 11.3 Å². The monoisotopic (exact) mass is 762 g/mol. The van der Waals surface area contributed by atoms with Crippen LogP contribution in [0.25, 0.3) is 11.3 Å². The number of benzene rings is 2. The van der Waals surface area contributed by atoms with Crippen molar-refractivity contribution in [2.24, 2.45) is 0 Å². The third-order valence-electron chi connectivity index (χ3n) is 9.19. The van der Waals surface area contributed by atoms with Crippen LogP contribution in [0.3, 0.4) is 0 Å². The molecule has 56 heavy (non-hydrogen) atoms. The Morgan fingerprint density at radius 1 is 0.625 bits per heavy atom. The molecule has 20 nitrogen and oxygen atoms in total. The van der Waals surface area contributed by atoms with Gasteiger partial charge in [-0.1, -0.05) is 12.1 Å². The fourth-order valence-corrected chi connectivity index (χ4v) is 6.60. The lowest BCUT2D eigenvalue weighted by Crippen LogP contribution is -2.31. The number of hydrogen-bond acceptors (Lipinski definition) is 14. The quantitative estimate of drug-likeness (QED) is 0.162. The Kier molecular flexibility index (Phi) is 9.84. The summed E-state index contributed by atoms with van der Waals surface area (Å²) in [6, 6.07) is 12.8. The molecule has 0 spiro atoms. The first-order valence-corrected chi connectivity index (χ1v) is 16.9. The molecule has 8 rings (SSSR count). The molecule has 0 aliphatic heterocycles. The molecule has 0 fully saturated rings. The highest BCUT2D eigenvalue weighted by Gasteiger charge is 2.29. The van der Waals surface area contributed by atoms with Gasteiger partial charge in [0.25, 0.3) is 11.8 Å². The summed E-state index contributed by atoms with van der Waals surface area (Å²) < 4.78 is 11.7. The number of carbonyl (C=O) groups excluding carboxylic acids is 4. The third kappa shape index (κ3) is 7.05. The second-order valence-electron chi connectivity index (χ2n) is 12.5. The molecule has 0 unspecified atom stereocenters. The normalized spacial score (nSPS) is 15.2. The lowest BCUT2D eigenvalue weighted by Gasteiger charge is -2.14. The Morgan fingerprint density at radius 3 is 1.61 bits per heavy atom. The first-order valence-electron chi connectivity index (χ1n) is 16.9. The molecule has 0 saturated carbocycles. The van der Waals surface area contributed by atoms with Gasteiger partial charge in [0.05, 0.1) is 49.8 Å². The summed E-state index contributed by atoms with van der Waals surface area (Å²) >= 11 is 0. The predicted octanol–water partition coefficient (Wildman–Crippen LogP) is 2.05. The number of aromatic nitrogens is 8. The summed E-state index contributed by atoms with van der Waals surface area (Å²) in [4.78, 5) is 87.0. The van der Waals surface area contributed by atoms with E-state index in [4.69, 9.17) is 14.6 Å². The van der Waals surface area contributed by atoms with Gasteiger partial charge < -0.3 is 30.3 Å². The van der Waals surface area contributed by atoms with Crippen LogP contribution in [0.5, 0.6) is 0 Å². The van der Waals surface area contributed by atoms with Gasteiger partial charge >= 0.3 is 23.9 Å². The number of fused-ring (bicyclic) bond motifs is 4. The van der Waals surface area contributed by atoms with Crippen LogP contribution in [-0.2, 0) is 22.3 Å². The number of hydrogen-bond donors (Lipinski definition) is 4. The van der Waals surface area contributed by atoms with Crippen LogP contribution >= 0.6 is 0 Å². The molecule has 284 valence electrons. The van der Waals surface area contributed by atoms with Crippen molar-refractivity contribution in [3.63, 3.8) is 0 Å². The highest BCUT2D eigenvalue weighted by atomic mass is 16.5. The maximum absolute atomic E-state index is 12.8. The highest BCUT2D eigenvalue weighted by Crippen LogP contribution is 2.33. The number of methoxy groups -OCH3 is 2. The second kappa shape index (κ2) is 15.0. The summed E-state index contributed by atoms with van der Waals surface area (Å²) in [7, 11) is 2.64. The van der Waals surface area contributed by atoms with Crippen molar-refractivity contribution >= 4 is 47.0 Å². The van der Waals surface area contributed by atoms with Crippen molar-refractivity contribution in [1.29, 1.82) is 0 Å². The summed E-state index contributed by atoms with van der Waals surface area (Å²) in [5, 5.41) is 32.0. The molecule has 2 atom stereocenters. The molecule has 4 N–H and O–H groups in total. The van der Waals surface area contributed by atoms with E-state index in [1.165, 1.54) is 43.3 Å². The molecule has 6 aromatic rings. The zero-order valence-electron chi connectivity index (χ0n) is 29.5. The number of carbonyl (C=O) groups is 6. The zero-order valence-corrected chi connectivity index (χ0v) is 29.5. The van der Waals surface area contributed by atoms with Crippen molar-refractivity contribution in [3.8, 4) is 0 Å². The van der Waals surface area contributed by atoms with E-state index in [1.807, 2.05) is 0 Å². The largest absolute Gasteiger partial charge is 0.475 e. The maximum Gasteiger partial charge on any atom is 0.374 e. The molecule has 20 heteroatoms. The fraction of sp³-hybridized carbons (Fsp3) is 0.222. The number of amides is 2. The van der Waals surface area contributed by atoms with Gasteiger partial charge in [0.1, 0.15) is 0 Å². The highest BCUT2D eigenvalue weighted by molar-refractivity contribution is 5.94. The van der Waals surface area contributed by atoms with E-state index in [0.29, 0.717) is 36.8 Å². The maximum atomic E-state index is 12.8. The van der Waals surface area contributed by atoms with Gasteiger partial charge in [0, 0.05) is 12.1 Å². The van der Waals surface area contributed by atoms with Crippen molar-refractivity contribution in [2.45, 2.75) is 37.8 Å². The fourth-order valence-electron chi connectivity index (χ4n) is 6.60. The van der Waals surface area contributed by atoms with Crippen LogP contribution in [0.4, 0.5) is 0 Å². The minimum Gasteiger partial charge on any atom is -0.475 e. The molecule has 2 aliphatic carbocycles. The number of rotatable bonds is 8. The van der Waals surface area contributed by atoms with Crippen LogP contribution in [0.2, 0.25) is 0 Å². The number of nitrogens with zero attached hydrogens (tertiary/aromatic N) is 8. The number of carboxylic acid groups (broad SMARTS) is 2. The summed E-state index contributed by atoms with van der Waals surface area (Å²) in [6.07, 6.45) is 5.45. The van der Waals surface area contributed by atoms with Crippen LogP contribution in [0, 0.1) is 0 Å². The zero-order chi connectivity index (χ0) is 39.7. The number of carboxylic acids is 2. The van der Waals surface area contributed by atoms with Crippen LogP contribution < -0.4 is 10.6 Å². The van der Waals surface area contributed by atoms with E-state index in [2.05, 4.69) is 40.8 Å². The molecular weight excluding hydrogens is 732 g/mol. The van der Waals surface area contributed by atoms with E-state index >= 15 is 0 Å². The van der Waals surface area contributed by atoms with Gasteiger partial charge in [-0.15, -0.1) is 0 Å². The van der Waals surface area contributed by atoms with Crippen LogP contribution in [-0.4, -0.2) is 99.3 Å². The number of nitrogens with one attached hydrogen (secondary N) is 2. The van der Waals surface area contributed by atoms with Crippen molar-refractivity contribution < 1.29 is 48.5 Å². The molecule has 0 saturated heterocycles. The Balaban J connectivity index is 0.000000172. The second-order valence-corrected chi connectivity index (χ2v) is 12.5. The predicted molar refractivity (Wildman–Crippen MR) is 188 cm³/mol. The van der Waals surface area contributed by atoms with Gasteiger partial charge in [-0.2, -0.15) is 29.2 Å². The third-order valence-corrected chi connectivity index (χ3v) is 9.19. The summed E-state index contributed by atoms with van der Waals surface area (Å²) in [5.41, 5.74) is 5.02. The first-order chi connectivity index (χ1) is 26.9. The minimum absolute atomic E-state index is 0.160. The molecular formula is C36H30N10O10. The van der Waals surface area contributed by atoms with E-state index in [-0.39, 0.29) is 35.0 Å². The average Bonchev–Trinajstić information content (AvgIpc) is 4.03.